The Labute approximate surface area is 110 Å². The van der Waals surface area contributed by atoms with Gasteiger partial charge in [0, 0.05) is 6.07 Å². The van der Waals surface area contributed by atoms with E-state index in [1.165, 1.54) is 0 Å². The Bertz CT molecular complexity index is 485. The summed E-state index contributed by atoms with van der Waals surface area (Å²) in [5, 5.41) is 15.4. The van der Waals surface area contributed by atoms with E-state index in [0.717, 1.165) is 6.42 Å². The Morgan fingerprint density at radius 1 is 1.63 bits per heavy atom. The van der Waals surface area contributed by atoms with Crippen LogP contribution in [0.15, 0.2) is 10.6 Å². The molecule has 0 saturated carbocycles. The number of carbonyl (C=O) groups is 2. The van der Waals surface area contributed by atoms with Gasteiger partial charge in [0.25, 0.3) is 0 Å². The molecule has 1 aromatic rings. The summed E-state index contributed by atoms with van der Waals surface area (Å²) in [4.78, 5) is 24.7. The van der Waals surface area contributed by atoms with Gasteiger partial charge in [-0.15, -0.1) is 0 Å². The molecule has 1 aliphatic heterocycles. The summed E-state index contributed by atoms with van der Waals surface area (Å²) in [7, 11) is 0. The first-order valence-electron chi connectivity index (χ1n) is 6.17. The highest BCUT2D eigenvalue weighted by Crippen LogP contribution is 2.23. The fraction of sp³-hybridized carbons (Fsp3) is 0.583. The van der Waals surface area contributed by atoms with Crippen LogP contribution < -0.4 is 5.32 Å². The number of carboxylic acids is 1. The second kappa shape index (κ2) is 5.40. The van der Waals surface area contributed by atoms with E-state index in [9.17, 15) is 9.59 Å². The van der Waals surface area contributed by atoms with Gasteiger partial charge in [-0.1, -0.05) is 12.1 Å². The van der Waals surface area contributed by atoms with Gasteiger partial charge in [-0.2, -0.15) is 0 Å². The van der Waals surface area contributed by atoms with Crippen molar-refractivity contribution in [3.05, 3.63) is 11.8 Å². The average Bonchev–Trinajstić information content (AvgIpc) is 2.85. The van der Waals surface area contributed by atoms with Crippen LogP contribution in [0, 0.1) is 12.8 Å². The number of amides is 1. The average molecular weight is 267 g/mol. The molecule has 104 valence electrons. The fourth-order valence-corrected chi connectivity index (χ4v) is 2.40. The van der Waals surface area contributed by atoms with Gasteiger partial charge in [0.05, 0.1) is 6.54 Å². The van der Waals surface area contributed by atoms with Crippen LogP contribution >= 0.6 is 0 Å². The summed E-state index contributed by atoms with van der Waals surface area (Å²) in [6.07, 6.45) is 0.785. The van der Waals surface area contributed by atoms with Crippen molar-refractivity contribution in [1.82, 2.24) is 10.1 Å². The lowest BCUT2D eigenvalue weighted by atomic mass is 10.0. The number of carboxylic acid groups (broad SMARTS) is 1. The highest BCUT2D eigenvalue weighted by atomic mass is 16.5. The van der Waals surface area contributed by atoms with Crippen LogP contribution in [0.5, 0.6) is 0 Å². The zero-order valence-corrected chi connectivity index (χ0v) is 10.9. The standard InChI is InChI=1S/C12H17N3O4/c1-7-3-4-15(11(7)12(17)18)6-10(16)13-9-5-8(2)19-14-9/h5,7,11H,3-4,6H2,1-2H3,(H,17,18)(H,13,14,16). The zero-order valence-electron chi connectivity index (χ0n) is 10.9. The molecule has 1 amide bonds. The largest absolute Gasteiger partial charge is 0.480 e. The highest BCUT2D eigenvalue weighted by Gasteiger charge is 2.37. The second-order valence-electron chi connectivity index (χ2n) is 4.89. The van der Waals surface area contributed by atoms with Crippen molar-refractivity contribution in [1.29, 1.82) is 0 Å². The normalized spacial score (nSPS) is 23.5. The number of nitrogens with one attached hydrogen (secondary N) is 1. The van der Waals surface area contributed by atoms with E-state index >= 15 is 0 Å². The van der Waals surface area contributed by atoms with Crippen LogP contribution in [-0.4, -0.2) is 46.2 Å². The predicted octanol–water partition coefficient (Wildman–Crippen LogP) is 0.717. The van der Waals surface area contributed by atoms with Crippen molar-refractivity contribution in [2.24, 2.45) is 5.92 Å². The lowest BCUT2D eigenvalue weighted by Gasteiger charge is -2.22. The molecule has 0 bridgehead atoms. The third kappa shape index (κ3) is 3.11. The molecule has 2 rings (SSSR count). The Morgan fingerprint density at radius 2 is 2.37 bits per heavy atom. The van der Waals surface area contributed by atoms with Crippen molar-refractivity contribution >= 4 is 17.7 Å². The molecule has 1 fully saturated rings. The third-order valence-electron chi connectivity index (χ3n) is 3.30. The highest BCUT2D eigenvalue weighted by molar-refractivity contribution is 5.91. The van der Waals surface area contributed by atoms with Crippen LogP contribution in [0.3, 0.4) is 0 Å². The maximum Gasteiger partial charge on any atom is 0.321 e. The Hall–Kier alpha value is -1.89. The number of aromatic nitrogens is 1. The summed E-state index contributed by atoms with van der Waals surface area (Å²) in [6, 6.07) is 1.02. The molecule has 19 heavy (non-hydrogen) atoms. The number of likely N-dealkylation sites (tertiary alicyclic amines) is 1. The minimum absolute atomic E-state index is 0.0488. The van der Waals surface area contributed by atoms with E-state index < -0.39 is 12.0 Å². The maximum atomic E-state index is 11.8. The van der Waals surface area contributed by atoms with Gasteiger partial charge >= 0.3 is 5.97 Å². The molecule has 2 unspecified atom stereocenters. The molecular formula is C12H17N3O4. The van der Waals surface area contributed by atoms with Crippen LogP contribution in [0.25, 0.3) is 0 Å². The number of hydrogen-bond acceptors (Lipinski definition) is 5. The van der Waals surface area contributed by atoms with Gasteiger partial charge in [0.1, 0.15) is 11.8 Å². The Morgan fingerprint density at radius 3 is 2.95 bits per heavy atom. The van der Waals surface area contributed by atoms with Crippen LogP contribution in [0.1, 0.15) is 19.1 Å². The van der Waals surface area contributed by atoms with E-state index in [0.29, 0.717) is 18.1 Å². The molecule has 1 saturated heterocycles. The summed E-state index contributed by atoms with van der Waals surface area (Å²) < 4.78 is 4.84. The molecule has 0 aromatic carbocycles. The molecule has 0 aliphatic carbocycles. The molecule has 7 heteroatoms. The fourth-order valence-electron chi connectivity index (χ4n) is 2.40. The van der Waals surface area contributed by atoms with Crippen LogP contribution in [-0.2, 0) is 9.59 Å². The molecule has 0 radical (unpaired) electrons. The smallest absolute Gasteiger partial charge is 0.321 e. The van der Waals surface area contributed by atoms with Crippen LogP contribution in [0.4, 0.5) is 5.82 Å². The third-order valence-corrected chi connectivity index (χ3v) is 3.30. The minimum atomic E-state index is -0.880. The van der Waals surface area contributed by atoms with E-state index in [4.69, 9.17) is 9.63 Å². The number of anilines is 1. The lowest BCUT2D eigenvalue weighted by molar-refractivity contribution is -0.143. The number of carbonyl (C=O) groups excluding carboxylic acids is 1. The number of hydrogen-bond donors (Lipinski definition) is 2. The molecule has 2 N–H and O–H groups in total. The predicted molar refractivity (Wildman–Crippen MR) is 66.6 cm³/mol. The summed E-state index contributed by atoms with van der Waals surface area (Å²) in [5.41, 5.74) is 0. The van der Waals surface area contributed by atoms with Crippen molar-refractivity contribution < 1.29 is 19.2 Å². The van der Waals surface area contributed by atoms with Crippen molar-refractivity contribution in [3.8, 4) is 0 Å². The van der Waals surface area contributed by atoms with Crippen LogP contribution in [0.2, 0.25) is 0 Å². The van der Waals surface area contributed by atoms with Gasteiger partial charge in [-0.25, -0.2) is 0 Å². The summed E-state index contributed by atoms with van der Waals surface area (Å²) >= 11 is 0. The molecule has 7 nitrogen and oxygen atoms in total. The van der Waals surface area contributed by atoms with Gasteiger partial charge < -0.3 is 14.9 Å². The molecular weight excluding hydrogens is 250 g/mol. The first kappa shape index (κ1) is 13.5. The molecule has 2 atom stereocenters. The van der Waals surface area contributed by atoms with Crippen molar-refractivity contribution in [2.75, 3.05) is 18.4 Å². The molecule has 1 aromatic heterocycles. The topological polar surface area (TPSA) is 95.7 Å². The van der Waals surface area contributed by atoms with E-state index in [1.807, 2.05) is 6.92 Å². The zero-order chi connectivity index (χ0) is 14.0. The molecule has 2 heterocycles. The first-order chi connectivity index (χ1) is 8.97. The second-order valence-corrected chi connectivity index (χ2v) is 4.89. The maximum absolute atomic E-state index is 11.8. The van der Waals surface area contributed by atoms with Crippen molar-refractivity contribution in [2.45, 2.75) is 26.3 Å². The number of nitrogens with zero attached hydrogens (tertiary/aromatic N) is 2. The van der Waals surface area contributed by atoms with E-state index in [-0.39, 0.29) is 18.4 Å². The SMILES string of the molecule is Cc1cc(NC(=O)CN2CCC(C)C2C(=O)O)no1. The summed E-state index contributed by atoms with van der Waals surface area (Å²) in [6.45, 7) is 4.28. The lowest BCUT2D eigenvalue weighted by Crippen LogP contribution is -2.43. The van der Waals surface area contributed by atoms with Crippen molar-refractivity contribution in [3.63, 3.8) is 0 Å². The van der Waals surface area contributed by atoms with Gasteiger partial charge in [0.2, 0.25) is 5.91 Å². The van der Waals surface area contributed by atoms with Gasteiger partial charge in [-0.3, -0.25) is 14.5 Å². The van der Waals surface area contributed by atoms with Gasteiger partial charge in [0.15, 0.2) is 5.82 Å². The summed E-state index contributed by atoms with van der Waals surface area (Å²) in [5.74, 6) is -0.154. The number of rotatable bonds is 4. The Balaban J connectivity index is 1.93. The quantitative estimate of drug-likeness (QED) is 0.834. The Kier molecular flexibility index (Phi) is 3.84. The van der Waals surface area contributed by atoms with Gasteiger partial charge in [-0.05, 0) is 25.8 Å². The molecule has 0 spiro atoms. The van der Waals surface area contributed by atoms with E-state index in [1.54, 1.807) is 17.9 Å². The number of aryl methyl sites for hydroxylation is 1. The number of aliphatic carboxylic acids is 1. The monoisotopic (exact) mass is 267 g/mol. The minimum Gasteiger partial charge on any atom is -0.480 e. The van der Waals surface area contributed by atoms with E-state index in [2.05, 4.69) is 10.5 Å². The first-order valence-corrected chi connectivity index (χ1v) is 6.17. The molecule has 1 aliphatic rings.